The van der Waals surface area contributed by atoms with Gasteiger partial charge in [0.15, 0.2) is 5.25 Å². The van der Waals surface area contributed by atoms with E-state index in [2.05, 4.69) is 0 Å². The lowest BCUT2D eigenvalue weighted by Gasteiger charge is -2.34. The van der Waals surface area contributed by atoms with Crippen LogP contribution in [0.4, 0.5) is 0 Å². The van der Waals surface area contributed by atoms with Gasteiger partial charge in [-0.25, -0.2) is 12.7 Å². The number of hydrogen-bond acceptors (Lipinski definition) is 4. The van der Waals surface area contributed by atoms with Gasteiger partial charge in [-0.15, -0.1) is 0 Å². The first-order valence-corrected chi connectivity index (χ1v) is 6.41. The molecule has 1 rings (SSSR count). The average molecular weight is 232 g/mol. The second-order valence-electron chi connectivity index (χ2n) is 4.09. The third-order valence-electron chi connectivity index (χ3n) is 2.79. The Bertz CT molecular complexity index is 354. The maximum absolute atomic E-state index is 11.7. The molecule has 0 saturated heterocycles. The van der Waals surface area contributed by atoms with Crippen LogP contribution in [0.3, 0.4) is 0 Å². The van der Waals surface area contributed by atoms with E-state index < -0.39 is 15.3 Å². The third-order valence-corrected chi connectivity index (χ3v) is 4.81. The van der Waals surface area contributed by atoms with Crippen LogP contribution in [0.5, 0.6) is 0 Å². The molecule has 1 aliphatic carbocycles. The average Bonchev–Trinajstić information content (AvgIpc) is 2.13. The summed E-state index contributed by atoms with van der Waals surface area (Å²) in [5.41, 5.74) is 0. The fourth-order valence-electron chi connectivity index (χ4n) is 1.65. The van der Waals surface area contributed by atoms with Crippen LogP contribution in [-0.4, -0.2) is 42.8 Å². The standard InChI is InChI=1S/C9H16N2O3S/c1-7(5-10)15(13,14)11(2)6-8-3-9(12)4-8/h7-9,12H,3-4,6H2,1-2H3. The van der Waals surface area contributed by atoms with Crippen LogP contribution in [0, 0.1) is 17.2 Å². The molecule has 0 spiro atoms. The summed E-state index contributed by atoms with van der Waals surface area (Å²) in [6, 6.07) is 1.73. The molecule has 0 amide bonds. The minimum absolute atomic E-state index is 0.227. The van der Waals surface area contributed by atoms with Crippen molar-refractivity contribution < 1.29 is 13.5 Å². The molecule has 5 nitrogen and oxygen atoms in total. The third kappa shape index (κ3) is 2.68. The van der Waals surface area contributed by atoms with Crippen LogP contribution in [0.25, 0.3) is 0 Å². The first-order valence-electron chi connectivity index (χ1n) is 4.90. The van der Waals surface area contributed by atoms with E-state index in [4.69, 9.17) is 10.4 Å². The highest BCUT2D eigenvalue weighted by Crippen LogP contribution is 2.28. The van der Waals surface area contributed by atoms with Crippen LogP contribution >= 0.6 is 0 Å². The second-order valence-corrected chi connectivity index (χ2v) is 6.45. The summed E-state index contributed by atoms with van der Waals surface area (Å²) in [7, 11) is -2.01. The van der Waals surface area contributed by atoms with Crippen molar-refractivity contribution in [2.75, 3.05) is 13.6 Å². The molecular weight excluding hydrogens is 216 g/mol. The summed E-state index contributed by atoms with van der Waals surface area (Å²) in [4.78, 5) is 0. The van der Waals surface area contributed by atoms with Gasteiger partial charge < -0.3 is 5.11 Å². The number of aliphatic hydroxyl groups excluding tert-OH is 1. The fourth-order valence-corrected chi connectivity index (χ4v) is 2.75. The predicted octanol–water partition coefficient (Wildman–Crippen LogP) is -0.0690. The highest BCUT2D eigenvalue weighted by molar-refractivity contribution is 7.89. The molecule has 1 atom stereocenters. The lowest BCUT2D eigenvalue weighted by atomic mass is 9.82. The van der Waals surface area contributed by atoms with Gasteiger partial charge in [0, 0.05) is 13.6 Å². The van der Waals surface area contributed by atoms with Gasteiger partial charge in [-0.3, -0.25) is 0 Å². The Hall–Kier alpha value is -0.640. The molecule has 0 heterocycles. The van der Waals surface area contributed by atoms with E-state index in [1.807, 2.05) is 0 Å². The zero-order valence-corrected chi connectivity index (χ0v) is 9.74. The Labute approximate surface area is 90.4 Å². The molecule has 0 bridgehead atoms. The van der Waals surface area contributed by atoms with Crippen molar-refractivity contribution in [3.8, 4) is 6.07 Å². The van der Waals surface area contributed by atoms with E-state index in [-0.39, 0.29) is 12.0 Å². The molecule has 15 heavy (non-hydrogen) atoms. The second kappa shape index (κ2) is 4.47. The Morgan fingerprint density at radius 1 is 1.60 bits per heavy atom. The van der Waals surface area contributed by atoms with E-state index in [1.165, 1.54) is 18.3 Å². The fraction of sp³-hybridized carbons (Fsp3) is 0.889. The summed E-state index contributed by atoms with van der Waals surface area (Å²) in [6.45, 7) is 1.77. The van der Waals surface area contributed by atoms with Crippen molar-refractivity contribution in [3.63, 3.8) is 0 Å². The molecule has 0 aromatic rings. The molecule has 0 aromatic carbocycles. The minimum atomic E-state index is -3.49. The Morgan fingerprint density at radius 3 is 2.53 bits per heavy atom. The van der Waals surface area contributed by atoms with Gasteiger partial charge in [-0.1, -0.05) is 0 Å². The molecule has 1 unspecified atom stereocenters. The van der Waals surface area contributed by atoms with E-state index in [0.717, 1.165) is 0 Å². The van der Waals surface area contributed by atoms with E-state index in [1.54, 1.807) is 6.07 Å². The lowest BCUT2D eigenvalue weighted by molar-refractivity contribution is 0.0367. The predicted molar refractivity (Wildman–Crippen MR) is 55.4 cm³/mol. The summed E-state index contributed by atoms with van der Waals surface area (Å²) < 4.78 is 24.5. The molecule has 1 N–H and O–H groups in total. The van der Waals surface area contributed by atoms with Crippen molar-refractivity contribution in [1.82, 2.24) is 4.31 Å². The van der Waals surface area contributed by atoms with Gasteiger partial charge >= 0.3 is 0 Å². The van der Waals surface area contributed by atoms with Crippen LogP contribution in [0.2, 0.25) is 0 Å². The SMILES string of the molecule is CC(C#N)S(=O)(=O)N(C)CC1CC(O)C1. The number of rotatable bonds is 4. The smallest absolute Gasteiger partial charge is 0.229 e. The van der Waals surface area contributed by atoms with Gasteiger partial charge in [0.25, 0.3) is 0 Å². The van der Waals surface area contributed by atoms with E-state index in [9.17, 15) is 8.42 Å². The molecule has 6 heteroatoms. The molecule has 86 valence electrons. The quantitative estimate of drug-likeness (QED) is 0.735. The van der Waals surface area contributed by atoms with Crippen molar-refractivity contribution in [1.29, 1.82) is 5.26 Å². The first kappa shape index (κ1) is 12.4. The number of sulfonamides is 1. The highest BCUT2D eigenvalue weighted by Gasteiger charge is 2.33. The topological polar surface area (TPSA) is 81.4 Å². The summed E-state index contributed by atoms with van der Waals surface area (Å²) in [6.07, 6.45) is 1.03. The molecule has 0 aromatic heterocycles. The number of nitriles is 1. The van der Waals surface area contributed by atoms with Crippen LogP contribution in [-0.2, 0) is 10.0 Å². The zero-order chi connectivity index (χ0) is 11.6. The van der Waals surface area contributed by atoms with Crippen molar-refractivity contribution in [2.24, 2.45) is 5.92 Å². The molecule has 0 radical (unpaired) electrons. The first-order chi connectivity index (χ1) is 6.87. The summed E-state index contributed by atoms with van der Waals surface area (Å²) in [5.74, 6) is 0.227. The van der Waals surface area contributed by atoms with Crippen LogP contribution in [0.1, 0.15) is 19.8 Å². The monoisotopic (exact) mass is 232 g/mol. The van der Waals surface area contributed by atoms with Crippen molar-refractivity contribution in [3.05, 3.63) is 0 Å². The molecule has 1 fully saturated rings. The van der Waals surface area contributed by atoms with Gasteiger partial charge in [0.1, 0.15) is 0 Å². The van der Waals surface area contributed by atoms with Crippen LogP contribution in [0.15, 0.2) is 0 Å². The Balaban J connectivity index is 2.54. The normalized spacial score (nSPS) is 28.2. The van der Waals surface area contributed by atoms with Crippen LogP contribution < -0.4 is 0 Å². The Kier molecular flexibility index (Phi) is 3.71. The van der Waals surface area contributed by atoms with Gasteiger partial charge in [0.2, 0.25) is 10.0 Å². The van der Waals surface area contributed by atoms with Crippen molar-refractivity contribution in [2.45, 2.75) is 31.1 Å². The zero-order valence-electron chi connectivity index (χ0n) is 8.92. The highest BCUT2D eigenvalue weighted by atomic mass is 32.2. The van der Waals surface area contributed by atoms with E-state index >= 15 is 0 Å². The molecule has 1 aliphatic rings. The van der Waals surface area contributed by atoms with Crippen molar-refractivity contribution >= 4 is 10.0 Å². The van der Waals surface area contributed by atoms with Gasteiger partial charge in [-0.05, 0) is 25.7 Å². The Morgan fingerprint density at radius 2 is 2.13 bits per heavy atom. The maximum Gasteiger partial charge on any atom is 0.229 e. The largest absolute Gasteiger partial charge is 0.393 e. The number of nitrogens with zero attached hydrogens (tertiary/aromatic N) is 2. The number of aliphatic hydroxyl groups is 1. The maximum atomic E-state index is 11.7. The van der Waals surface area contributed by atoms with Gasteiger partial charge in [0.05, 0.1) is 12.2 Å². The molecule has 0 aliphatic heterocycles. The summed E-state index contributed by atoms with van der Waals surface area (Å²) in [5, 5.41) is 16.6. The summed E-state index contributed by atoms with van der Waals surface area (Å²) >= 11 is 0. The van der Waals surface area contributed by atoms with E-state index in [0.29, 0.717) is 19.4 Å². The van der Waals surface area contributed by atoms with Gasteiger partial charge in [-0.2, -0.15) is 5.26 Å². The molecule has 1 saturated carbocycles. The molecular formula is C9H16N2O3S. The minimum Gasteiger partial charge on any atom is -0.393 e. The lowest BCUT2D eigenvalue weighted by Crippen LogP contribution is -2.42. The number of hydrogen-bond donors (Lipinski definition) is 1.